The number of rotatable bonds is 3. The van der Waals surface area contributed by atoms with Crippen LogP contribution in [0.1, 0.15) is 23.8 Å². The Morgan fingerprint density at radius 3 is 3.08 bits per heavy atom. The van der Waals surface area contributed by atoms with Crippen LogP contribution in [-0.2, 0) is 0 Å². The molecule has 0 amide bonds. The van der Waals surface area contributed by atoms with E-state index < -0.39 is 6.10 Å². The fourth-order valence-electron chi connectivity index (χ4n) is 1.07. The fraction of sp³-hybridized carbons (Fsp3) is 0.300. The number of aryl methyl sites for hydroxylation is 1. The van der Waals surface area contributed by atoms with Crippen molar-refractivity contribution >= 4 is 0 Å². The molecule has 0 aliphatic heterocycles. The molecule has 0 aliphatic carbocycles. The lowest BCUT2D eigenvalue weighted by Gasteiger charge is -2.07. The summed E-state index contributed by atoms with van der Waals surface area (Å²) in [5, 5.41) is 9.55. The summed E-state index contributed by atoms with van der Waals surface area (Å²) in [6.45, 7) is 5.48. The molecule has 2 heteroatoms. The molecule has 0 aliphatic rings. The van der Waals surface area contributed by atoms with Gasteiger partial charge < -0.3 is 5.11 Å². The number of aromatic nitrogens is 1. The van der Waals surface area contributed by atoms with Gasteiger partial charge in [0.25, 0.3) is 0 Å². The number of aliphatic hydroxyl groups is 1. The van der Waals surface area contributed by atoms with E-state index in [1.165, 1.54) is 0 Å². The Kier molecular flexibility index (Phi) is 3.00. The van der Waals surface area contributed by atoms with Crippen LogP contribution in [0.15, 0.2) is 31.0 Å². The van der Waals surface area contributed by atoms with Crippen molar-refractivity contribution < 1.29 is 5.11 Å². The van der Waals surface area contributed by atoms with Gasteiger partial charge in [-0.25, -0.2) is 0 Å². The zero-order valence-electron chi connectivity index (χ0n) is 7.20. The minimum Gasteiger partial charge on any atom is -0.388 e. The van der Waals surface area contributed by atoms with Crippen LogP contribution in [0.4, 0.5) is 0 Å². The van der Waals surface area contributed by atoms with Gasteiger partial charge in [0.1, 0.15) is 0 Å². The van der Waals surface area contributed by atoms with E-state index in [0.29, 0.717) is 6.42 Å². The summed E-state index contributed by atoms with van der Waals surface area (Å²) in [4.78, 5) is 4.05. The standard InChI is InChI=1S/C10H13NO/c1-3-4-10(12)9-5-6-11-8(2)7-9/h3,5-7,10,12H,1,4H2,2H3/t10-/m0/s1. The van der Waals surface area contributed by atoms with E-state index in [9.17, 15) is 5.11 Å². The number of hydrogen-bond acceptors (Lipinski definition) is 2. The van der Waals surface area contributed by atoms with Gasteiger partial charge in [0.2, 0.25) is 0 Å². The largest absolute Gasteiger partial charge is 0.388 e. The second-order valence-electron chi connectivity index (χ2n) is 2.77. The maximum atomic E-state index is 9.55. The highest BCUT2D eigenvalue weighted by Gasteiger charge is 2.04. The molecule has 64 valence electrons. The molecule has 0 radical (unpaired) electrons. The molecule has 2 nitrogen and oxygen atoms in total. The molecule has 1 heterocycles. The molecule has 0 saturated heterocycles. The van der Waals surface area contributed by atoms with E-state index in [0.717, 1.165) is 11.3 Å². The van der Waals surface area contributed by atoms with Gasteiger partial charge in [-0.15, -0.1) is 6.58 Å². The van der Waals surface area contributed by atoms with Gasteiger partial charge in [-0.1, -0.05) is 6.08 Å². The zero-order chi connectivity index (χ0) is 8.97. The highest BCUT2D eigenvalue weighted by Crippen LogP contribution is 2.16. The first-order valence-corrected chi connectivity index (χ1v) is 3.95. The van der Waals surface area contributed by atoms with Crippen LogP contribution in [0.3, 0.4) is 0 Å². The highest BCUT2D eigenvalue weighted by atomic mass is 16.3. The fourth-order valence-corrected chi connectivity index (χ4v) is 1.07. The van der Waals surface area contributed by atoms with Crippen LogP contribution in [0.5, 0.6) is 0 Å². The van der Waals surface area contributed by atoms with Gasteiger partial charge in [0.05, 0.1) is 6.10 Å². The van der Waals surface area contributed by atoms with E-state index in [4.69, 9.17) is 0 Å². The normalized spacial score (nSPS) is 12.5. The molecule has 1 N–H and O–H groups in total. The van der Waals surface area contributed by atoms with Gasteiger partial charge in [0.15, 0.2) is 0 Å². The number of hydrogen-bond donors (Lipinski definition) is 1. The Morgan fingerprint density at radius 1 is 1.75 bits per heavy atom. The van der Waals surface area contributed by atoms with E-state index in [-0.39, 0.29) is 0 Å². The van der Waals surface area contributed by atoms with Crippen LogP contribution in [0.2, 0.25) is 0 Å². The summed E-state index contributed by atoms with van der Waals surface area (Å²) >= 11 is 0. The Balaban J connectivity index is 2.80. The van der Waals surface area contributed by atoms with Crippen LogP contribution < -0.4 is 0 Å². The zero-order valence-corrected chi connectivity index (χ0v) is 7.20. The Labute approximate surface area is 72.6 Å². The molecular weight excluding hydrogens is 150 g/mol. The maximum absolute atomic E-state index is 9.55. The summed E-state index contributed by atoms with van der Waals surface area (Å²) in [6.07, 6.45) is 3.56. The van der Waals surface area contributed by atoms with E-state index in [1.807, 2.05) is 19.1 Å². The average molecular weight is 163 g/mol. The molecular formula is C10H13NO. The quantitative estimate of drug-likeness (QED) is 0.691. The van der Waals surface area contributed by atoms with Crippen molar-refractivity contribution in [2.75, 3.05) is 0 Å². The molecule has 12 heavy (non-hydrogen) atoms. The van der Waals surface area contributed by atoms with Gasteiger partial charge in [-0.05, 0) is 31.0 Å². The average Bonchev–Trinajstić information content (AvgIpc) is 2.05. The van der Waals surface area contributed by atoms with Crippen molar-refractivity contribution in [3.05, 3.63) is 42.2 Å². The molecule has 1 rings (SSSR count). The summed E-state index contributed by atoms with van der Waals surface area (Å²) in [7, 11) is 0. The molecule has 0 bridgehead atoms. The lowest BCUT2D eigenvalue weighted by atomic mass is 10.1. The van der Waals surface area contributed by atoms with Crippen molar-refractivity contribution in [1.29, 1.82) is 0 Å². The summed E-state index contributed by atoms with van der Waals surface area (Å²) < 4.78 is 0. The first-order valence-electron chi connectivity index (χ1n) is 3.95. The van der Waals surface area contributed by atoms with Crippen molar-refractivity contribution in [2.24, 2.45) is 0 Å². The lowest BCUT2D eigenvalue weighted by Crippen LogP contribution is -1.96. The van der Waals surface area contributed by atoms with Crippen LogP contribution in [0, 0.1) is 6.92 Å². The first kappa shape index (κ1) is 8.94. The Bertz CT molecular complexity index is 270. The van der Waals surface area contributed by atoms with E-state index in [2.05, 4.69) is 11.6 Å². The third kappa shape index (κ3) is 2.17. The van der Waals surface area contributed by atoms with Crippen molar-refractivity contribution in [2.45, 2.75) is 19.4 Å². The summed E-state index contributed by atoms with van der Waals surface area (Å²) in [5.74, 6) is 0. The Morgan fingerprint density at radius 2 is 2.50 bits per heavy atom. The van der Waals surface area contributed by atoms with Crippen molar-refractivity contribution in [3.63, 3.8) is 0 Å². The van der Waals surface area contributed by atoms with E-state index in [1.54, 1.807) is 12.3 Å². The van der Waals surface area contributed by atoms with Gasteiger partial charge >= 0.3 is 0 Å². The van der Waals surface area contributed by atoms with Crippen LogP contribution in [-0.4, -0.2) is 10.1 Å². The van der Waals surface area contributed by atoms with Crippen molar-refractivity contribution in [3.8, 4) is 0 Å². The second-order valence-corrected chi connectivity index (χ2v) is 2.77. The predicted molar refractivity (Wildman–Crippen MR) is 48.7 cm³/mol. The molecule has 0 spiro atoms. The van der Waals surface area contributed by atoms with Crippen LogP contribution >= 0.6 is 0 Å². The topological polar surface area (TPSA) is 33.1 Å². The van der Waals surface area contributed by atoms with E-state index >= 15 is 0 Å². The maximum Gasteiger partial charge on any atom is 0.0825 e. The van der Waals surface area contributed by atoms with Crippen molar-refractivity contribution in [1.82, 2.24) is 4.98 Å². The van der Waals surface area contributed by atoms with Gasteiger partial charge in [-0.3, -0.25) is 4.98 Å². The second kappa shape index (κ2) is 4.02. The molecule has 0 unspecified atom stereocenters. The highest BCUT2D eigenvalue weighted by molar-refractivity contribution is 5.18. The SMILES string of the molecule is C=CC[C@H](O)c1ccnc(C)c1. The van der Waals surface area contributed by atoms with Crippen LogP contribution in [0.25, 0.3) is 0 Å². The lowest BCUT2D eigenvalue weighted by molar-refractivity contribution is 0.181. The molecule has 0 aromatic carbocycles. The number of pyridine rings is 1. The third-order valence-corrected chi connectivity index (χ3v) is 1.70. The minimum absolute atomic E-state index is 0.441. The smallest absolute Gasteiger partial charge is 0.0825 e. The third-order valence-electron chi connectivity index (χ3n) is 1.70. The molecule has 1 aromatic heterocycles. The number of nitrogens with zero attached hydrogens (tertiary/aromatic N) is 1. The molecule has 0 saturated carbocycles. The minimum atomic E-state index is -0.441. The predicted octanol–water partition coefficient (Wildman–Crippen LogP) is 2.00. The first-order chi connectivity index (χ1) is 5.74. The summed E-state index contributed by atoms with van der Waals surface area (Å²) in [6, 6.07) is 3.70. The van der Waals surface area contributed by atoms with Gasteiger partial charge in [-0.2, -0.15) is 0 Å². The molecule has 1 atom stereocenters. The molecule has 1 aromatic rings. The summed E-state index contributed by atoms with van der Waals surface area (Å²) in [5.41, 5.74) is 1.83. The number of aliphatic hydroxyl groups excluding tert-OH is 1. The molecule has 0 fully saturated rings. The van der Waals surface area contributed by atoms with Gasteiger partial charge in [0, 0.05) is 11.9 Å². The Hall–Kier alpha value is -1.15. The monoisotopic (exact) mass is 163 g/mol.